The molecule has 16 heavy (non-hydrogen) atoms. The Morgan fingerprint density at radius 2 is 2.38 bits per heavy atom. The summed E-state index contributed by atoms with van der Waals surface area (Å²) in [5, 5.41) is 11.7. The van der Waals surface area contributed by atoms with E-state index in [9.17, 15) is 4.79 Å². The molecule has 0 radical (unpaired) electrons. The molecule has 3 nitrogen and oxygen atoms in total. The lowest BCUT2D eigenvalue weighted by atomic mass is 10.2. The average molecular weight is 235 g/mol. The summed E-state index contributed by atoms with van der Waals surface area (Å²) >= 11 is 5.83. The number of rotatable bonds is 4. The molecular formula is C12H11ClN2O. The SMILES string of the molecule is C=CCCC(=O)Nc1ccc(C#N)c(Cl)c1. The normalized spacial score (nSPS) is 9.25. The first-order chi connectivity index (χ1) is 7.67. The molecule has 0 aromatic heterocycles. The topological polar surface area (TPSA) is 52.9 Å². The maximum absolute atomic E-state index is 11.4. The molecule has 0 saturated carbocycles. The molecule has 0 aliphatic rings. The fourth-order valence-electron chi connectivity index (χ4n) is 1.14. The van der Waals surface area contributed by atoms with E-state index in [1.807, 2.05) is 6.07 Å². The quantitative estimate of drug-likeness (QED) is 0.814. The van der Waals surface area contributed by atoms with Crippen molar-refractivity contribution in [2.24, 2.45) is 0 Å². The average Bonchev–Trinajstić information content (AvgIpc) is 2.26. The number of hydrogen-bond acceptors (Lipinski definition) is 2. The van der Waals surface area contributed by atoms with Crippen molar-refractivity contribution in [1.29, 1.82) is 5.26 Å². The van der Waals surface area contributed by atoms with Crippen molar-refractivity contribution < 1.29 is 4.79 Å². The van der Waals surface area contributed by atoms with Crippen molar-refractivity contribution in [1.82, 2.24) is 0 Å². The predicted molar refractivity (Wildman–Crippen MR) is 64.2 cm³/mol. The Hall–Kier alpha value is -1.79. The van der Waals surface area contributed by atoms with Gasteiger partial charge in [0.1, 0.15) is 6.07 Å². The number of carbonyl (C=O) groups excluding carboxylic acids is 1. The minimum atomic E-state index is -0.0966. The van der Waals surface area contributed by atoms with E-state index >= 15 is 0 Å². The summed E-state index contributed by atoms with van der Waals surface area (Å²) in [6.07, 6.45) is 2.71. The van der Waals surface area contributed by atoms with Gasteiger partial charge in [-0.25, -0.2) is 0 Å². The summed E-state index contributed by atoms with van der Waals surface area (Å²) in [5.41, 5.74) is 0.990. The lowest BCUT2D eigenvalue weighted by molar-refractivity contribution is -0.116. The van der Waals surface area contributed by atoms with Crippen LogP contribution in [0.5, 0.6) is 0 Å². The highest BCUT2D eigenvalue weighted by Crippen LogP contribution is 2.20. The minimum Gasteiger partial charge on any atom is -0.326 e. The van der Waals surface area contributed by atoms with E-state index in [0.29, 0.717) is 29.1 Å². The maximum atomic E-state index is 11.4. The number of hydrogen-bond donors (Lipinski definition) is 1. The first-order valence-corrected chi connectivity index (χ1v) is 5.15. The number of nitrogens with zero attached hydrogens (tertiary/aromatic N) is 1. The number of benzene rings is 1. The van der Waals surface area contributed by atoms with Crippen LogP contribution in [0.1, 0.15) is 18.4 Å². The second-order valence-electron chi connectivity index (χ2n) is 3.18. The number of anilines is 1. The Morgan fingerprint density at radius 3 is 2.94 bits per heavy atom. The number of nitrogens with one attached hydrogen (secondary N) is 1. The molecule has 1 N–H and O–H groups in total. The molecule has 0 bridgehead atoms. The largest absolute Gasteiger partial charge is 0.326 e. The summed E-state index contributed by atoms with van der Waals surface area (Å²) in [7, 11) is 0. The fourth-order valence-corrected chi connectivity index (χ4v) is 1.36. The Kier molecular flexibility index (Phi) is 4.56. The predicted octanol–water partition coefficient (Wildman–Crippen LogP) is 3.12. The van der Waals surface area contributed by atoms with Crippen LogP contribution in [0.3, 0.4) is 0 Å². The van der Waals surface area contributed by atoms with Crippen LogP contribution < -0.4 is 5.32 Å². The lowest BCUT2D eigenvalue weighted by Gasteiger charge is -2.05. The second-order valence-corrected chi connectivity index (χ2v) is 3.59. The van der Waals surface area contributed by atoms with Crippen LogP contribution in [0.4, 0.5) is 5.69 Å². The molecule has 82 valence electrons. The molecule has 0 heterocycles. The Bertz CT molecular complexity index is 449. The number of allylic oxidation sites excluding steroid dienone is 1. The van der Waals surface area contributed by atoms with Gasteiger partial charge >= 0.3 is 0 Å². The number of carbonyl (C=O) groups is 1. The Labute approximate surface area is 99.3 Å². The molecule has 0 aliphatic carbocycles. The highest BCUT2D eigenvalue weighted by molar-refractivity contribution is 6.32. The number of halogens is 1. The van der Waals surface area contributed by atoms with Gasteiger partial charge in [0.25, 0.3) is 0 Å². The van der Waals surface area contributed by atoms with Gasteiger partial charge in [-0.3, -0.25) is 4.79 Å². The summed E-state index contributed by atoms with van der Waals surface area (Å²) in [4.78, 5) is 11.4. The van der Waals surface area contributed by atoms with Gasteiger partial charge in [-0.1, -0.05) is 17.7 Å². The van der Waals surface area contributed by atoms with Crippen molar-refractivity contribution in [3.63, 3.8) is 0 Å². The molecule has 0 saturated heterocycles. The van der Waals surface area contributed by atoms with Crippen molar-refractivity contribution in [2.75, 3.05) is 5.32 Å². The third-order valence-corrected chi connectivity index (χ3v) is 2.26. The third-order valence-electron chi connectivity index (χ3n) is 1.95. The lowest BCUT2D eigenvalue weighted by Crippen LogP contribution is -2.10. The molecule has 1 amide bonds. The smallest absolute Gasteiger partial charge is 0.224 e. The highest BCUT2D eigenvalue weighted by Gasteiger charge is 2.04. The number of amides is 1. The molecule has 4 heteroatoms. The zero-order chi connectivity index (χ0) is 12.0. The molecule has 0 atom stereocenters. The first kappa shape index (κ1) is 12.3. The van der Waals surface area contributed by atoms with Gasteiger partial charge in [0.15, 0.2) is 0 Å². The standard InChI is InChI=1S/C12H11ClN2O/c1-2-3-4-12(16)15-10-6-5-9(8-14)11(13)7-10/h2,5-7H,1,3-4H2,(H,15,16). The van der Waals surface area contributed by atoms with E-state index in [1.165, 1.54) is 0 Å². The number of nitriles is 1. The van der Waals surface area contributed by atoms with Crippen LogP contribution in [-0.4, -0.2) is 5.91 Å². The van der Waals surface area contributed by atoms with E-state index < -0.39 is 0 Å². The van der Waals surface area contributed by atoms with Gasteiger partial charge in [0, 0.05) is 12.1 Å². The zero-order valence-electron chi connectivity index (χ0n) is 8.66. The monoisotopic (exact) mass is 234 g/mol. The molecule has 1 aromatic rings. The van der Waals surface area contributed by atoms with Gasteiger partial charge in [-0.2, -0.15) is 5.26 Å². The van der Waals surface area contributed by atoms with Crippen molar-refractivity contribution in [3.8, 4) is 6.07 Å². The van der Waals surface area contributed by atoms with E-state index in [-0.39, 0.29) is 5.91 Å². The molecule has 1 aromatic carbocycles. The van der Waals surface area contributed by atoms with Crippen LogP contribution in [0.15, 0.2) is 30.9 Å². The van der Waals surface area contributed by atoms with Crippen molar-refractivity contribution in [3.05, 3.63) is 41.4 Å². The van der Waals surface area contributed by atoms with E-state index in [4.69, 9.17) is 16.9 Å². The molecule has 0 spiro atoms. The molecule has 0 unspecified atom stereocenters. The van der Waals surface area contributed by atoms with Gasteiger partial charge in [-0.05, 0) is 24.6 Å². The second kappa shape index (κ2) is 5.94. The van der Waals surface area contributed by atoms with E-state index in [2.05, 4.69) is 11.9 Å². The van der Waals surface area contributed by atoms with E-state index in [1.54, 1.807) is 24.3 Å². The molecule has 0 aliphatic heterocycles. The van der Waals surface area contributed by atoms with Gasteiger partial charge < -0.3 is 5.32 Å². The zero-order valence-corrected chi connectivity index (χ0v) is 9.42. The van der Waals surface area contributed by atoms with Crippen LogP contribution >= 0.6 is 11.6 Å². The molecule has 1 rings (SSSR count). The van der Waals surface area contributed by atoms with Gasteiger partial charge in [0.05, 0.1) is 10.6 Å². The maximum Gasteiger partial charge on any atom is 0.224 e. The van der Waals surface area contributed by atoms with Crippen LogP contribution in [0.2, 0.25) is 5.02 Å². The fraction of sp³-hybridized carbons (Fsp3) is 0.167. The molecule has 0 fully saturated rings. The summed E-state index contributed by atoms with van der Waals surface area (Å²) < 4.78 is 0. The van der Waals surface area contributed by atoms with Crippen LogP contribution in [0, 0.1) is 11.3 Å². The summed E-state index contributed by atoms with van der Waals surface area (Å²) in [6, 6.07) is 6.74. The highest BCUT2D eigenvalue weighted by atomic mass is 35.5. The van der Waals surface area contributed by atoms with Gasteiger partial charge in [-0.15, -0.1) is 6.58 Å². The summed E-state index contributed by atoms with van der Waals surface area (Å²) in [6.45, 7) is 3.54. The Morgan fingerprint density at radius 1 is 1.62 bits per heavy atom. The van der Waals surface area contributed by atoms with E-state index in [0.717, 1.165) is 0 Å². The van der Waals surface area contributed by atoms with Crippen LogP contribution in [0.25, 0.3) is 0 Å². The van der Waals surface area contributed by atoms with Crippen molar-refractivity contribution >= 4 is 23.2 Å². The van der Waals surface area contributed by atoms with Gasteiger partial charge in [0.2, 0.25) is 5.91 Å². The van der Waals surface area contributed by atoms with Crippen LogP contribution in [-0.2, 0) is 4.79 Å². The van der Waals surface area contributed by atoms with Crippen molar-refractivity contribution in [2.45, 2.75) is 12.8 Å². The summed E-state index contributed by atoms with van der Waals surface area (Å²) in [5.74, 6) is -0.0966. The minimum absolute atomic E-state index is 0.0966. The Balaban J connectivity index is 2.68. The molecular weight excluding hydrogens is 224 g/mol. The third kappa shape index (κ3) is 3.41. The first-order valence-electron chi connectivity index (χ1n) is 4.77.